The van der Waals surface area contributed by atoms with Crippen molar-refractivity contribution < 1.29 is 13.6 Å². The summed E-state index contributed by atoms with van der Waals surface area (Å²) in [6.07, 6.45) is 1.63. The minimum atomic E-state index is -3.65. The number of hydrogen-bond acceptors (Lipinski definition) is 5. The lowest BCUT2D eigenvalue weighted by molar-refractivity contribution is 0.315. The molecule has 0 saturated heterocycles. The fraction of sp³-hybridized carbons (Fsp3) is 0.600. The molecule has 0 atom stereocenters. The van der Waals surface area contributed by atoms with E-state index in [2.05, 4.69) is 10.1 Å². The van der Waals surface area contributed by atoms with Gasteiger partial charge in [-0.3, -0.25) is 0 Å². The molecule has 0 aliphatic rings. The van der Waals surface area contributed by atoms with Gasteiger partial charge in [0.25, 0.3) is 10.0 Å². The molecular formula is C10H19N5O3S. The SMILES string of the molecule is CCN(CCC(N)=NO)S(=O)(=O)c1cn(C)c(C)n1. The predicted molar refractivity (Wildman–Crippen MR) is 70.4 cm³/mol. The average Bonchev–Trinajstić information content (AvgIpc) is 2.70. The number of hydrogen-bond donors (Lipinski definition) is 2. The summed E-state index contributed by atoms with van der Waals surface area (Å²) in [6, 6.07) is 0. The fourth-order valence-electron chi connectivity index (χ4n) is 1.52. The first-order valence-corrected chi connectivity index (χ1v) is 7.23. The smallest absolute Gasteiger partial charge is 0.262 e. The predicted octanol–water partition coefficient (Wildman–Crippen LogP) is -0.124. The summed E-state index contributed by atoms with van der Waals surface area (Å²) in [5.41, 5.74) is 5.34. The zero-order chi connectivity index (χ0) is 14.6. The molecule has 1 aromatic heterocycles. The van der Waals surface area contributed by atoms with Gasteiger partial charge in [0.05, 0.1) is 0 Å². The van der Waals surface area contributed by atoms with Gasteiger partial charge in [0.15, 0.2) is 5.03 Å². The Morgan fingerprint density at radius 3 is 2.68 bits per heavy atom. The molecule has 0 amide bonds. The summed E-state index contributed by atoms with van der Waals surface area (Å²) in [4.78, 5) is 4.02. The molecule has 108 valence electrons. The van der Waals surface area contributed by atoms with E-state index in [-0.39, 0.29) is 30.4 Å². The molecule has 0 radical (unpaired) electrons. The Balaban J connectivity index is 2.96. The third-order valence-corrected chi connectivity index (χ3v) is 4.64. The largest absolute Gasteiger partial charge is 0.409 e. The van der Waals surface area contributed by atoms with E-state index in [0.29, 0.717) is 5.82 Å². The molecule has 3 N–H and O–H groups in total. The van der Waals surface area contributed by atoms with Crippen molar-refractivity contribution in [2.45, 2.75) is 25.3 Å². The highest BCUT2D eigenvalue weighted by Crippen LogP contribution is 2.14. The van der Waals surface area contributed by atoms with Crippen LogP contribution in [0.4, 0.5) is 0 Å². The van der Waals surface area contributed by atoms with E-state index in [9.17, 15) is 8.42 Å². The molecule has 0 spiro atoms. The van der Waals surface area contributed by atoms with Crippen LogP contribution in [-0.4, -0.2) is 46.4 Å². The minimum Gasteiger partial charge on any atom is -0.409 e. The van der Waals surface area contributed by atoms with Gasteiger partial charge >= 0.3 is 0 Å². The standard InChI is InChI=1S/C10H19N5O3S/c1-4-15(6-5-9(11)13-16)19(17,18)10-7-14(3)8(2)12-10/h7,16H,4-6H2,1-3H3,(H2,11,13). The monoisotopic (exact) mass is 289 g/mol. The van der Waals surface area contributed by atoms with Gasteiger partial charge in [0, 0.05) is 32.8 Å². The summed E-state index contributed by atoms with van der Waals surface area (Å²) in [5.74, 6) is 0.608. The summed E-state index contributed by atoms with van der Waals surface area (Å²) in [7, 11) is -1.92. The molecule has 0 aliphatic carbocycles. The van der Waals surface area contributed by atoms with Crippen LogP contribution in [0.5, 0.6) is 0 Å². The van der Waals surface area contributed by atoms with Crippen LogP contribution in [0, 0.1) is 6.92 Å². The second-order valence-corrected chi connectivity index (χ2v) is 5.96. The zero-order valence-electron chi connectivity index (χ0n) is 11.2. The number of nitrogens with two attached hydrogens (primary N) is 1. The lowest BCUT2D eigenvalue weighted by Crippen LogP contribution is -2.34. The molecule has 9 heteroatoms. The maximum atomic E-state index is 12.3. The Labute approximate surface area is 112 Å². The van der Waals surface area contributed by atoms with Crippen LogP contribution >= 0.6 is 0 Å². The van der Waals surface area contributed by atoms with Gasteiger partial charge in [-0.15, -0.1) is 0 Å². The van der Waals surface area contributed by atoms with Crippen LogP contribution < -0.4 is 5.73 Å². The van der Waals surface area contributed by atoms with Crippen LogP contribution in [0.1, 0.15) is 19.2 Å². The molecule has 0 aliphatic heterocycles. The highest BCUT2D eigenvalue weighted by molar-refractivity contribution is 7.89. The maximum Gasteiger partial charge on any atom is 0.262 e. The van der Waals surface area contributed by atoms with Crippen molar-refractivity contribution in [1.82, 2.24) is 13.9 Å². The van der Waals surface area contributed by atoms with Gasteiger partial charge in [-0.1, -0.05) is 12.1 Å². The van der Waals surface area contributed by atoms with Crippen LogP contribution in [0.2, 0.25) is 0 Å². The van der Waals surface area contributed by atoms with Crippen LogP contribution in [-0.2, 0) is 17.1 Å². The summed E-state index contributed by atoms with van der Waals surface area (Å²) >= 11 is 0. The topological polar surface area (TPSA) is 114 Å². The zero-order valence-corrected chi connectivity index (χ0v) is 12.1. The van der Waals surface area contributed by atoms with Crippen molar-refractivity contribution in [2.75, 3.05) is 13.1 Å². The molecule has 0 saturated carbocycles. The van der Waals surface area contributed by atoms with Crippen LogP contribution in [0.3, 0.4) is 0 Å². The number of oxime groups is 1. The van der Waals surface area contributed by atoms with E-state index >= 15 is 0 Å². The second kappa shape index (κ2) is 6.02. The number of sulfonamides is 1. The van der Waals surface area contributed by atoms with E-state index in [0.717, 1.165) is 0 Å². The Morgan fingerprint density at radius 1 is 1.63 bits per heavy atom. The normalized spacial score (nSPS) is 13.2. The second-order valence-electron chi connectivity index (χ2n) is 4.08. The highest BCUT2D eigenvalue weighted by atomic mass is 32.2. The number of aromatic nitrogens is 2. The van der Waals surface area contributed by atoms with Gasteiger partial charge in [-0.05, 0) is 6.92 Å². The molecule has 0 fully saturated rings. The lowest BCUT2D eigenvalue weighted by atomic mass is 10.4. The first-order valence-electron chi connectivity index (χ1n) is 5.79. The number of rotatable bonds is 6. The summed E-state index contributed by atoms with van der Waals surface area (Å²) < 4.78 is 27.6. The molecule has 0 unspecified atom stereocenters. The van der Waals surface area contributed by atoms with Crippen LogP contribution in [0.15, 0.2) is 16.4 Å². The Bertz CT molecular complexity index is 544. The molecule has 1 rings (SSSR count). The van der Waals surface area contributed by atoms with Gasteiger partial charge in [0.1, 0.15) is 11.7 Å². The number of aryl methyl sites for hydroxylation is 2. The molecule has 1 heterocycles. The number of nitrogens with zero attached hydrogens (tertiary/aromatic N) is 4. The quantitative estimate of drug-likeness (QED) is 0.328. The minimum absolute atomic E-state index is 0.00820. The van der Waals surface area contributed by atoms with Crippen LogP contribution in [0.25, 0.3) is 0 Å². The molecule has 8 nitrogen and oxygen atoms in total. The van der Waals surface area contributed by atoms with Crippen molar-refractivity contribution in [3.63, 3.8) is 0 Å². The van der Waals surface area contributed by atoms with E-state index in [4.69, 9.17) is 10.9 Å². The first kappa shape index (κ1) is 15.4. The Hall–Kier alpha value is -1.61. The Morgan fingerprint density at radius 2 is 2.26 bits per heavy atom. The number of amidine groups is 1. The van der Waals surface area contributed by atoms with Crippen molar-refractivity contribution in [3.8, 4) is 0 Å². The van der Waals surface area contributed by atoms with Crippen molar-refractivity contribution in [1.29, 1.82) is 0 Å². The molecule has 0 aromatic carbocycles. The number of imidazole rings is 1. The molecule has 19 heavy (non-hydrogen) atoms. The van der Waals surface area contributed by atoms with Gasteiger partial charge in [-0.2, -0.15) is 4.31 Å². The van der Waals surface area contributed by atoms with Gasteiger partial charge < -0.3 is 15.5 Å². The molecule has 1 aromatic rings. The lowest BCUT2D eigenvalue weighted by Gasteiger charge is -2.18. The van der Waals surface area contributed by atoms with E-state index < -0.39 is 10.0 Å². The van der Waals surface area contributed by atoms with Crippen molar-refractivity contribution in [2.24, 2.45) is 17.9 Å². The van der Waals surface area contributed by atoms with Gasteiger partial charge in [0.2, 0.25) is 0 Å². The van der Waals surface area contributed by atoms with E-state index in [1.165, 1.54) is 10.5 Å². The molecule has 0 bridgehead atoms. The summed E-state index contributed by atoms with van der Waals surface area (Å²) in [6.45, 7) is 3.88. The summed E-state index contributed by atoms with van der Waals surface area (Å²) in [5, 5.41) is 11.3. The maximum absolute atomic E-state index is 12.3. The fourth-order valence-corrected chi connectivity index (χ4v) is 3.00. The third-order valence-electron chi connectivity index (χ3n) is 2.79. The third kappa shape index (κ3) is 3.44. The van der Waals surface area contributed by atoms with Crippen molar-refractivity contribution >= 4 is 15.9 Å². The highest BCUT2D eigenvalue weighted by Gasteiger charge is 2.26. The van der Waals surface area contributed by atoms with E-state index in [1.54, 1.807) is 25.5 Å². The van der Waals surface area contributed by atoms with Crippen molar-refractivity contribution in [3.05, 3.63) is 12.0 Å². The average molecular weight is 289 g/mol. The van der Waals surface area contributed by atoms with Gasteiger partial charge in [-0.25, -0.2) is 13.4 Å². The molecular weight excluding hydrogens is 270 g/mol. The van der Waals surface area contributed by atoms with E-state index in [1.807, 2.05) is 0 Å². The Kier molecular flexibility index (Phi) is 4.90. The first-order chi connectivity index (χ1) is 8.82.